The van der Waals surface area contributed by atoms with Crippen molar-refractivity contribution in [3.05, 3.63) is 52.4 Å². The minimum absolute atomic E-state index is 0.414. The standard InChI is InChI=1S/C14H16BrN3/c1-10(2)13-7-14(18-9-17-13)16-8-11-5-3-4-6-12(11)15/h3-7,9-10H,8H2,1-2H3,(H,16,17,18). The lowest BCUT2D eigenvalue weighted by Gasteiger charge is -2.09. The van der Waals surface area contributed by atoms with Gasteiger partial charge in [0.25, 0.3) is 0 Å². The third-order valence-corrected chi connectivity index (χ3v) is 3.47. The zero-order chi connectivity index (χ0) is 13.0. The molecule has 0 radical (unpaired) electrons. The molecule has 2 aromatic rings. The first-order chi connectivity index (χ1) is 8.66. The van der Waals surface area contributed by atoms with Crippen molar-refractivity contribution >= 4 is 21.7 Å². The highest BCUT2D eigenvalue weighted by atomic mass is 79.9. The summed E-state index contributed by atoms with van der Waals surface area (Å²) in [6.45, 7) is 5.00. The molecule has 0 bridgehead atoms. The van der Waals surface area contributed by atoms with Gasteiger partial charge in [-0.05, 0) is 17.5 Å². The molecule has 3 nitrogen and oxygen atoms in total. The van der Waals surface area contributed by atoms with Gasteiger partial charge in [-0.25, -0.2) is 9.97 Å². The van der Waals surface area contributed by atoms with Crippen LogP contribution >= 0.6 is 15.9 Å². The molecule has 0 fully saturated rings. The molecule has 1 N–H and O–H groups in total. The molecule has 18 heavy (non-hydrogen) atoms. The third kappa shape index (κ3) is 3.29. The van der Waals surface area contributed by atoms with Crippen LogP contribution in [-0.4, -0.2) is 9.97 Å². The van der Waals surface area contributed by atoms with Crippen molar-refractivity contribution in [2.24, 2.45) is 0 Å². The van der Waals surface area contributed by atoms with E-state index in [-0.39, 0.29) is 0 Å². The van der Waals surface area contributed by atoms with E-state index in [1.807, 2.05) is 24.3 Å². The Morgan fingerprint density at radius 3 is 2.72 bits per heavy atom. The van der Waals surface area contributed by atoms with Gasteiger partial charge >= 0.3 is 0 Å². The normalized spacial score (nSPS) is 10.7. The predicted molar refractivity (Wildman–Crippen MR) is 77.6 cm³/mol. The quantitative estimate of drug-likeness (QED) is 0.928. The van der Waals surface area contributed by atoms with Crippen LogP contribution in [0.15, 0.2) is 41.1 Å². The van der Waals surface area contributed by atoms with Crippen molar-refractivity contribution < 1.29 is 0 Å². The van der Waals surface area contributed by atoms with Gasteiger partial charge in [0.05, 0.1) is 0 Å². The second kappa shape index (κ2) is 5.96. The molecule has 1 heterocycles. The molecule has 2 rings (SSSR count). The number of hydrogen-bond donors (Lipinski definition) is 1. The lowest BCUT2D eigenvalue weighted by molar-refractivity contribution is 0.813. The van der Waals surface area contributed by atoms with Crippen molar-refractivity contribution in [3.63, 3.8) is 0 Å². The summed E-state index contributed by atoms with van der Waals surface area (Å²) in [6.07, 6.45) is 1.61. The molecular formula is C14H16BrN3. The molecule has 0 aliphatic carbocycles. The van der Waals surface area contributed by atoms with Crippen molar-refractivity contribution in [2.45, 2.75) is 26.3 Å². The SMILES string of the molecule is CC(C)c1cc(NCc2ccccc2Br)ncn1. The lowest BCUT2D eigenvalue weighted by atomic mass is 10.1. The fraction of sp³-hybridized carbons (Fsp3) is 0.286. The number of rotatable bonds is 4. The molecule has 0 unspecified atom stereocenters. The summed E-state index contributed by atoms with van der Waals surface area (Å²) in [5.41, 5.74) is 2.27. The maximum absolute atomic E-state index is 4.25. The number of aromatic nitrogens is 2. The molecule has 0 aliphatic heterocycles. The number of anilines is 1. The summed E-state index contributed by atoms with van der Waals surface area (Å²) < 4.78 is 1.11. The first-order valence-electron chi connectivity index (χ1n) is 5.96. The van der Waals surface area contributed by atoms with Crippen molar-refractivity contribution in [2.75, 3.05) is 5.32 Å². The monoisotopic (exact) mass is 305 g/mol. The molecular weight excluding hydrogens is 290 g/mol. The molecule has 0 saturated heterocycles. The van der Waals surface area contributed by atoms with Gasteiger partial charge in [0.15, 0.2) is 0 Å². The van der Waals surface area contributed by atoms with E-state index in [2.05, 4.69) is 51.1 Å². The van der Waals surface area contributed by atoms with Crippen LogP contribution in [0.2, 0.25) is 0 Å². The van der Waals surface area contributed by atoms with E-state index in [1.54, 1.807) is 6.33 Å². The Morgan fingerprint density at radius 2 is 2.00 bits per heavy atom. The van der Waals surface area contributed by atoms with Crippen LogP contribution in [0.1, 0.15) is 31.0 Å². The van der Waals surface area contributed by atoms with Crippen LogP contribution in [0.3, 0.4) is 0 Å². The van der Waals surface area contributed by atoms with Gasteiger partial charge in [-0.1, -0.05) is 48.0 Å². The van der Waals surface area contributed by atoms with Gasteiger partial charge in [0.1, 0.15) is 12.1 Å². The van der Waals surface area contributed by atoms with Crippen molar-refractivity contribution in [1.82, 2.24) is 9.97 Å². The van der Waals surface area contributed by atoms with Crippen LogP contribution < -0.4 is 5.32 Å². The molecule has 94 valence electrons. The van der Waals surface area contributed by atoms with E-state index in [0.29, 0.717) is 5.92 Å². The van der Waals surface area contributed by atoms with E-state index in [1.165, 1.54) is 5.56 Å². The Kier molecular flexibility index (Phi) is 4.31. The maximum Gasteiger partial charge on any atom is 0.129 e. The number of nitrogens with zero attached hydrogens (tertiary/aromatic N) is 2. The van der Waals surface area contributed by atoms with Crippen molar-refractivity contribution in [3.8, 4) is 0 Å². The van der Waals surface area contributed by atoms with Gasteiger partial charge in [-0.15, -0.1) is 0 Å². The van der Waals surface area contributed by atoms with Gasteiger partial charge in [0, 0.05) is 22.8 Å². The Labute approximate surface area is 116 Å². The van der Waals surface area contributed by atoms with Crippen LogP contribution in [0.25, 0.3) is 0 Å². The number of benzene rings is 1. The summed E-state index contributed by atoms with van der Waals surface area (Å²) in [5.74, 6) is 1.28. The third-order valence-electron chi connectivity index (χ3n) is 2.70. The van der Waals surface area contributed by atoms with Crippen LogP contribution in [0.5, 0.6) is 0 Å². The van der Waals surface area contributed by atoms with Crippen LogP contribution in [0.4, 0.5) is 5.82 Å². The highest BCUT2D eigenvalue weighted by Crippen LogP contribution is 2.18. The van der Waals surface area contributed by atoms with Gasteiger partial charge in [-0.3, -0.25) is 0 Å². The summed E-state index contributed by atoms with van der Waals surface area (Å²) in [7, 11) is 0. The minimum atomic E-state index is 0.414. The summed E-state index contributed by atoms with van der Waals surface area (Å²) in [5, 5.41) is 3.32. The average molecular weight is 306 g/mol. The second-order valence-corrected chi connectivity index (χ2v) is 5.28. The van der Waals surface area contributed by atoms with E-state index in [0.717, 1.165) is 22.5 Å². The number of hydrogen-bond acceptors (Lipinski definition) is 3. The summed E-state index contributed by atoms with van der Waals surface area (Å²) >= 11 is 3.53. The number of nitrogens with one attached hydrogen (secondary N) is 1. The van der Waals surface area contributed by atoms with E-state index in [9.17, 15) is 0 Å². The second-order valence-electron chi connectivity index (χ2n) is 4.43. The predicted octanol–water partition coefficient (Wildman–Crippen LogP) is 3.97. The first kappa shape index (κ1) is 13.0. The molecule has 0 amide bonds. The Balaban J connectivity index is 2.07. The zero-order valence-electron chi connectivity index (χ0n) is 10.5. The van der Waals surface area contributed by atoms with E-state index < -0.39 is 0 Å². The minimum Gasteiger partial charge on any atom is -0.366 e. The number of halogens is 1. The van der Waals surface area contributed by atoms with E-state index in [4.69, 9.17) is 0 Å². The van der Waals surface area contributed by atoms with Crippen LogP contribution in [-0.2, 0) is 6.54 Å². The molecule has 0 spiro atoms. The van der Waals surface area contributed by atoms with Gasteiger partial charge < -0.3 is 5.32 Å². The lowest BCUT2D eigenvalue weighted by Crippen LogP contribution is -2.04. The molecule has 1 aromatic carbocycles. The molecule has 4 heteroatoms. The van der Waals surface area contributed by atoms with Crippen LogP contribution in [0, 0.1) is 0 Å². The Bertz CT molecular complexity index is 526. The first-order valence-corrected chi connectivity index (χ1v) is 6.75. The molecule has 0 saturated carbocycles. The fourth-order valence-corrected chi connectivity index (χ4v) is 2.04. The summed E-state index contributed by atoms with van der Waals surface area (Å²) in [6, 6.07) is 10.2. The molecule has 1 aromatic heterocycles. The fourth-order valence-electron chi connectivity index (χ4n) is 1.61. The Hall–Kier alpha value is -1.42. The maximum atomic E-state index is 4.25. The summed E-state index contributed by atoms with van der Waals surface area (Å²) in [4.78, 5) is 8.48. The largest absolute Gasteiger partial charge is 0.366 e. The van der Waals surface area contributed by atoms with Gasteiger partial charge in [0.2, 0.25) is 0 Å². The highest BCUT2D eigenvalue weighted by Gasteiger charge is 2.03. The average Bonchev–Trinajstić information content (AvgIpc) is 2.38. The smallest absolute Gasteiger partial charge is 0.129 e. The highest BCUT2D eigenvalue weighted by molar-refractivity contribution is 9.10. The molecule has 0 atom stereocenters. The van der Waals surface area contributed by atoms with Crippen molar-refractivity contribution in [1.29, 1.82) is 0 Å². The topological polar surface area (TPSA) is 37.8 Å². The zero-order valence-corrected chi connectivity index (χ0v) is 12.1. The van der Waals surface area contributed by atoms with E-state index >= 15 is 0 Å². The molecule has 0 aliphatic rings. The van der Waals surface area contributed by atoms with Gasteiger partial charge in [-0.2, -0.15) is 0 Å². The Morgan fingerprint density at radius 1 is 1.22 bits per heavy atom.